The summed E-state index contributed by atoms with van der Waals surface area (Å²) < 4.78 is 5.31. The van der Waals surface area contributed by atoms with E-state index in [1.54, 1.807) is 0 Å². The minimum atomic E-state index is -0.632. The first kappa shape index (κ1) is 14.3. The molecule has 4 heteroatoms. The van der Waals surface area contributed by atoms with Crippen LogP contribution in [0, 0.1) is 6.92 Å². The first-order valence-electron chi connectivity index (χ1n) is 6.85. The number of nitrogens with zero attached hydrogens (tertiary/aromatic N) is 1. The van der Waals surface area contributed by atoms with Crippen molar-refractivity contribution in [2.24, 2.45) is 5.73 Å². The van der Waals surface area contributed by atoms with Crippen LogP contribution in [0.2, 0.25) is 0 Å². The lowest BCUT2D eigenvalue weighted by atomic mass is 9.93. The summed E-state index contributed by atoms with van der Waals surface area (Å²) in [5, 5.41) is 10.5. The molecule has 1 aromatic rings. The second kappa shape index (κ2) is 5.90. The average molecular weight is 264 g/mol. The quantitative estimate of drug-likeness (QED) is 0.864. The smallest absolute Gasteiger partial charge is 0.0865 e. The van der Waals surface area contributed by atoms with E-state index in [1.165, 1.54) is 11.1 Å². The lowest BCUT2D eigenvalue weighted by Gasteiger charge is -2.36. The number of anilines is 1. The van der Waals surface area contributed by atoms with Crippen molar-refractivity contribution in [3.63, 3.8) is 0 Å². The van der Waals surface area contributed by atoms with Crippen molar-refractivity contribution in [3.8, 4) is 0 Å². The van der Waals surface area contributed by atoms with Crippen LogP contribution < -0.4 is 10.6 Å². The molecule has 0 bridgehead atoms. The minimum Gasteiger partial charge on any atom is -0.388 e. The van der Waals surface area contributed by atoms with Crippen molar-refractivity contribution < 1.29 is 9.84 Å². The molecular weight excluding hydrogens is 240 g/mol. The zero-order chi connectivity index (χ0) is 13.9. The predicted molar refractivity (Wildman–Crippen MR) is 77.3 cm³/mol. The number of ether oxygens (including phenoxy) is 1. The van der Waals surface area contributed by atoms with Gasteiger partial charge in [0.05, 0.1) is 5.60 Å². The molecule has 1 saturated heterocycles. The highest BCUT2D eigenvalue weighted by Gasteiger charge is 2.31. The standard InChI is InChI=1S/C15H24N2O2/c1-12-9-14(4-3-13(12)10-16)17(2)11-15(18)5-7-19-8-6-15/h3-4,9,18H,5-8,10-11,16H2,1-2H3. The van der Waals surface area contributed by atoms with Gasteiger partial charge in [0, 0.05) is 51.9 Å². The van der Waals surface area contributed by atoms with Crippen LogP contribution in [0.15, 0.2) is 18.2 Å². The molecule has 0 amide bonds. The molecule has 0 aliphatic carbocycles. The normalized spacial score (nSPS) is 18.3. The van der Waals surface area contributed by atoms with Gasteiger partial charge in [0.2, 0.25) is 0 Å². The van der Waals surface area contributed by atoms with E-state index in [4.69, 9.17) is 10.5 Å². The van der Waals surface area contributed by atoms with Crippen molar-refractivity contribution in [1.82, 2.24) is 0 Å². The number of benzene rings is 1. The molecule has 1 aromatic carbocycles. The minimum absolute atomic E-state index is 0.567. The largest absolute Gasteiger partial charge is 0.388 e. The highest BCUT2D eigenvalue weighted by Crippen LogP contribution is 2.25. The van der Waals surface area contributed by atoms with E-state index >= 15 is 0 Å². The first-order chi connectivity index (χ1) is 9.04. The molecule has 0 radical (unpaired) electrons. The van der Waals surface area contributed by atoms with Gasteiger partial charge in [-0.1, -0.05) is 6.07 Å². The van der Waals surface area contributed by atoms with Gasteiger partial charge in [-0.25, -0.2) is 0 Å². The van der Waals surface area contributed by atoms with Gasteiger partial charge in [-0.05, 0) is 30.2 Å². The zero-order valence-corrected chi connectivity index (χ0v) is 11.9. The molecule has 0 aromatic heterocycles. The fourth-order valence-electron chi connectivity index (χ4n) is 2.59. The Morgan fingerprint density at radius 3 is 2.63 bits per heavy atom. The Labute approximate surface area is 115 Å². The molecule has 106 valence electrons. The van der Waals surface area contributed by atoms with Gasteiger partial charge in [-0.3, -0.25) is 0 Å². The van der Waals surface area contributed by atoms with E-state index < -0.39 is 5.60 Å². The summed E-state index contributed by atoms with van der Waals surface area (Å²) in [6.07, 6.45) is 1.41. The van der Waals surface area contributed by atoms with E-state index in [9.17, 15) is 5.11 Å². The molecule has 0 saturated carbocycles. The van der Waals surface area contributed by atoms with Gasteiger partial charge >= 0.3 is 0 Å². The fraction of sp³-hybridized carbons (Fsp3) is 0.600. The van der Waals surface area contributed by atoms with E-state index in [0.717, 1.165) is 5.69 Å². The number of aryl methyl sites for hydroxylation is 1. The van der Waals surface area contributed by atoms with E-state index in [2.05, 4.69) is 30.0 Å². The lowest BCUT2D eigenvalue weighted by molar-refractivity contribution is -0.0572. The highest BCUT2D eigenvalue weighted by molar-refractivity contribution is 5.50. The first-order valence-corrected chi connectivity index (χ1v) is 6.85. The van der Waals surface area contributed by atoms with E-state index in [-0.39, 0.29) is 0 Å². The summed E-state index contributed by atoms with van der Waals surface area (Å²) in [4.78, 5) is 2.11. The zero-order valence-electron chi connectivity index (χ0n) is 11.9. The fourth-order valence-corrected chi connectivity index (χ4v) is 2.59. The second-order valence-electron chi connectivity index (χ2n) is 5.51. The lowest BCUT2D eigenvalue weighted by Crippen LogP contribution is -2.45. The maximum Gasteiger partial charge on any atom is 0.0865 e. The molecule has 0 spiro atoms. The predicted octanol–water partition coefficient (Wildman–Crippen LogP) is 1.43. The summed E-state index contributed by atoms with van der Waals surface area (Å²) >= 11 is 0. The number of hydrogen-bond acceptors (Lipinski definition) is 4. The molecule has 1 heterocycles. The Balaban J connectivity index is 2.06. The Morgan fingerprint density at radius 1 is 1.37 bits per heavy atom. The van der Waals surface area contributed by atoms with Gasteiger partial charge < -0.3 is 20.5 Å². The third-order valence-electron chi connectivity index (χ3n) is 3.94. The summed E-state index contributed by atoms with van der Waals surface area (Å²) in [5.74, 6) is 0. The van der Waals surface area contributed by atoms with Crippen molar-refractivity contribution in [2.45, 2.75) is 31.9 Å². The molecule has 2 rings (SSSR count). The van der Waals surface area contributed by atoms with Crippen molar-refractivity contribution in [2.75, 3.05) is 31.7 Å². The molecule has 19 heavy (non-hydrogen) atoms. The molecule has 1 aliphatic rings. The number of rotatable bonds is 4. The van der Waals surface area contributed by atoms with Crippen LogP contribution in [0.5, 0.6) is 0 Å². The third-order valence-corrected chi connectivity index (χ3v) is 3.94. The highest BCUT2D eigenvalue weighted by atomic mass is 16.5. The summed E-state index contributed by atoms with van der Waals surface area (Å²) in [6.45, 7) is 4.57. The Bertz CT molecular complexity index is 428. The van der Waals surface area contributed by atoms with Gasteiger partial charge in [0.25, 0.3) is 0 Å². The Hall–Kier alpha value is -1.10. The Kier molecular flexibility index (Phi) is 4.45. The van der Waals surface area contributed by atoms with Crippen LogP contribution in [0.1, 0.15) is 24.0 Å². The molecule has 0 atom stereocenters. The number of aliphatic hydroxyl groups is 1. The molecular formula is C15H24N2O2. The summed E-state index contributed by atoms with van der Waals surface area (Å²) in [7, 11) is 2.02. The summed E-state index contributed by atoms with van der Waals surface area (Å²) in [5.41, 5.74) is 8.54. The maximum atomic E-state index is 10.5. The van der Waals surface area contributed by atoms with Crippen molar-refractivity contribution in [3.05, 3.63) is 29.3 Å². The molecule has 4 nitrogen and oxygen atoms in total. The maximum absolute atomic E-state index is 10.5. The molecule has 3 N–H and O–H groups in total. The number of likely N-dealkylation sites (N-methyl/N-ethyl adjacent to an activating group) is 1. The number of hydrogen-bond donors (Lipinski definition) is 2. The van der Waals surface area contributed by atoms with Crippen LogP contribution >= 0.6 is 0 Å². The summed E-state index contributed by atoms with van der Waals surface area (Å²) in [6, 6.07) is 6.26. The average Bonchev–Trinajstić information content (AvgIpc) is 2.39. The van der Waals surface area contributed by atoms with E-state index in [0.29, 0.717) is 39.1 Å². The molecule has 0 unspecified atom stereocenters. The SMILES string of the molecule is Cc1cc(N(C)CC2(O)CCOCC2)ccc1CN. The monoisotopic (exact) mass is 264 g/mol. The topological polar surface area (TPSA) is 58.7 Å². The van der Waals surface area contributed by atoms with Crippen LogP contribution in [-0.2, 0) is 11.3 Å². The third kappa shape index (κ3) is 3.47. The Morgan fingerprint density at radius 2 is 2.05 bits per heavy atom. The second-order valence-corrected chi connectivity index (χ2v) is 5.51. The van der Waals surface area contributed by atoms with Crippen LogP contribution in [0.4, 0.5) is 5.69 Å². The van der Waals surface area contributed by atoms with E-state index in [1.807, 2.05) is 7.05 Å². The van der Waals surface area contributed by atoms with Gasteiger partial charge in [-0.15, -0.1) is 0 Å². The van der Waals surface area contributed by atoms with Gasteiger partial charge in [0.1, 0.15) is 0 Å². The van der Waals surface area contributed by atoms with Crippen LogP contribution in [0.3, 0.4) is 0 Å². The molecule has 1 aliphatic heterocycles. The molecule has 1 fully saturated rings. The van der Waals surface area contributed by atoms with Crippen molar-refractivity contribution in [1.29, 1.82) is 0 Å². The van der Waals surface area contributed by atoms with Gasteiger partial charge in [0.15, 0.2) is 0 Å². The van der Waals surface area contributed by atoms with Crippen molar-refractivity contribution >= 4 is 5.69 Å². The van der Waals surface area contributed by atoms with Gasteiger partial charge in [-0.2, -0.15) is 0 Å². The van der Waals surface area contributed by atoms with Crippen LogP contribution in [0.25, 0.3) is 0 Å². The number of nitrogens with two attached hydrogens (primary N) is 1. The van der Waals surface area contributed by atoms with Crippen LogP contribution in [-0.4, -0.2) is 37.5 Å².